The van der Waals surface area contributed by atoms with Gasteiger partial charge in [-0.1, -0.05) is 36.4 Å². The highest BCUT2D eigenvalue weighted by Gasteiger charge is 2.20. The number of rotatable bonds is 7. The molecule has 1 aliphatic heterocycles. The highest BCUT2D eigenvalue weighted by atomic mass is 19.1. The van der Waals surface area contributed by atoms with Crippen LogP contribution in [0.2, 0.25) is 0 Å². The van der Waals surface area contributed by atoms with Crippen LogP contribution in [0.25, 0.3) is 0 Å². The van der Waals surface area contributed by atoms with E-state index in [1.54, 1.807) is 17.0 Å². The van der Waals surface area contributed by atoms with Crippen LogP contribution in [0.15, 0.2) is 48.5 Å². The van der Waals surface area contributed by atoms with Crippen molar-refractivity contribution in [3.8, 4) is 0 Å². The molecule has 0 saturated carbocycles. The lowest BCUT2D eigenvalue weighted by atomic mass is 10.0. The predicted octanol–water partition coefficient (Wildman–Crippen LogP) is 1.37. The second kappa shape index (κ2) is 10.4. The summed E-state index contributed by atoms with van der Waals surface area (Å²) in [5.41, 5.74) is 2.95. The molecular weight excluding hydrogens is 387 g/mol. The van der Waals surface area contributed by atoms with Gasteiger partial charge in [-0.15, -0.1) is 0 Å². The molecule has 4 amide bonds. The molecule has 0 bridgehead atoms. The maximum absolute atomic E-state index is 13.1. The number of carbonyl (C=O) groups excluding carboxylic acids is 3. The molecular formula is C22H25FN4O3. The van der Waals surface area contributed by atoms with Crippen molar-refractivity contribution in [3.63, 3.8) is 0 Å². The Kier molecular flexibility index (Phi) is 7.37. The third kappa shape index (κ3) is 6.30. The fourth-order valence-electron chi connectivity index (χ4n) is 3.30. The average Bonchev–Trinajstić information content (AvgIpc) is 2.74. The highest BCUT2D eigenvalue weighted by molar-refractivity contribution is 5.84. The number of halogens is 1. The van der Waals surface area contributed by atoms with E-state index >= 15 is 0 Å². The largest absolute Gasteiger partial charge is 0.354 e. The number of urea groups is 1. The van der Waals surface area contributed by atoms with Crippen LogP contribution in [-0.4, -0.2) is 48.9 Å². The molecule has 0 spiro atoms. The molecule has 158 valence electrons. The van der Waals surface area contributed by atoms with Crippen molar-refractivity contribution in [2.45, 2.75) is 19.4 Å². The third-order valence-corrected chi connectivity index (χ3v) is 4.84. The minimum Gasteiger partial charge on any atom is -0.354 e. The van der Waals surface area contributed by atoms with Crippen LogP contribution in [0.5, 0.6) is 0 Å². The fraction of sp³-hybridized carbons (Fsp3) is 0.318. The summed E-state index contributed by atoms with van der Waals surface area (Å²) in [5, 5.41) is 7.92. The van der Waals surface area contributed by atoms with Gasteiger partial charge in [0.05, 0.1) is 13.0 Å². The number of fused-ring (bicyclic) bond motifs is 1. The van der Waals surface area contributed by atoms with Crippen LogP contribution in [0, 0.1) is 5.82 Å². The highest BCUT2D eigenvalue weighted by Crippen LogP contribution is 2.18. The van der Waals surface area contributed by atoms with Crippen molar-refractivity contribution in [1.29, 1.82) is 0 Å². The number of nitrogens with one attached hydrogen (secondary N) is 3. The van der Waals surface area contributed by atoms with Crippen LogP contribution < -0.4 is 16.0 Å². The molecule has 2 aromatic rings. The van der Waals surface area contributed by atoms with Crippen molar-refractivity contribution < 1.29 is 18.8 Å². The molecule has 3 N–H and O–H groups in total. The summed E-state index contributed by atoms with van der Waals surface area (Å²) >= 11 is 0. The van der Waals surface area contributed by atoms with Gasteiger partial charge >= 0.3 is 6.03 Å². The van der Waals surface area contributed by atoms with Gasteiger partial charge in [0.2, 0.25) is 11.8 Å². The van der Waals surface area contributed by atoms with Gasteiger partial charge in [0.1, 0.15) is 5.82 Å². The molecule has 8 heteroatoms. The van der Waals surface area contributed by atoms with E-state index in [0.717, 1.165) is 12.0 Å². The normalized spacial score (nSPS) is 12.6. The first-order chi connectivity index (χ1) is 14.5. The molecule has 0 radical (unpaired) electrons. The molecule has 3 rings (SSSR count). The van der Waals surface area contributed by atoms with E-state index in [1.807, 2.05) is 18.2 Å². The zero-order valence-electron chi connectivity index (χ0n) is 16.6. The van der Waals surface area contributed by atoms with Gasteiger partial charge in [-0.3, -0.25) is 9.59 Å². The number of amides is 4. The number of hydrogen-bond acceptors (Lipinski definition) is 3. The van der Waals surface area contributed by atoms with Crippen molar-refractivity contribution in [1.82, 2.24) is 20.9 Å². The minimum atomic E-state index is -0.386. The molecule has 0 saturated heterocycles. The number of carbonyl (C=O) groups is 3. The van der Waals surface area contributed by atoms with Gasteiger partial charge in [0, 0.05) is 26.2 Å². The zero-order valence-corrected chi connectivity index (χ0v) is 16.6. The first-order valence-electron chi connectivity index (χ1n) is 9.88. The van der Waals surface area contributed by atoms with Gasteiger partial charge in [-0.2, -0.15) is 0 Å². The molecule has 0 atom stereocenters. The summed E-state index contributed by atoms with van der Waals surface area (Å²) in [5.74, 6) is -0.975. The predicted molar refractivity (Wildman–Crippen MR) is 110 cm³/mol. The maximum atomic E-state index is 13.1. The first-order valence-corrected chi connectivity index (χ1v) is 9.88. The Labute approximate surface area is 174 Å². The van der Waals surface area contributed by atoms with Crippen LogP contribution in [0.4, 0.5) is 9.18 Å². The summed E-state index contributed by atoms with van der Waals surface area (Å²) in [6.45, 7) is 1.49. The van der Waals surface area contributed by atoms with E-state index in [0.29, 0.717) is 18.7 Å². The van der Waals surface area contributed by atoms with Gasteiger partial charge in [0.15, 0.2) is 0 Å². The SMILES string of the molecule is O=C(CNC(=O)N1CCc2ccccc2C1)NCCNC(=O)Cc1cccc(F)c1. The molecule has 0 aliphatic carbocycles. The lowest BCUT2D eigenvalue weighted by Gasteiger charge is -2.28. The molecule has 1 aliphatic rings. The summed E-state index contributed by atoms with van der Waals surface area (Å²) < 4.78 is 13.1. The Balaban J connectivity index is 1.29. The van der Waals surface area contributed by atoms with Gasteiger partial charge in [-0.05, 0) is 35.2 Å². The third-order valence-electron chi connectivity index (χ3n) is 4.84. The Morgan fingerprint density at radius 1 is 0.900 bits per heavy atom. The fourth-order valence-corrected chi connectivity index (χ4v) is 3.30. The Bertz CT molecular complexity index is 919. The van der Waals surface area contributed by atoms with Crippen molar-refractivity contribution >= 4 is 17.8 Å². The van der Waals surface area contributed by atoms with E-state index in [-0.39, 0.29) is 49.7 Å². The average molecular weight is 412 g/mol. The zero-order chi connectivity index (χ0) is 21.3. The van der Waals surface area contributed by atoms with Crippen LogP contribution >= 0.6 is 0 Å². The second-order valence-corrected chi connectivity index (χ2v) is 7.11. The summed E-state index contributed by atoms with van der Waals surface area (Å²) in [6.07, 6.45) is 0.867. The molecule has 7 nitrogen and oxygen atoms in total. The quantitative estimate of drug-likeness (QED) is 0.600. The first kappa shape index (κ1) is 21.3. The number of benzene rings is 2. The van der Waals surface area contributed by atoms with Gasteiger partial charge in [-0.25, -0.2) is 9.18 Å². The van der Waals surface area contributed by atoms with Gasteiger partial charge in [0.25, 0.3) is 0 Å². The van der Waals surface area contributed by atoms with Crippen LogP contribution in [0.3, 0.4) is 0 Å². The summed E-state index contributed by atoms with van der Waals surface area (Å²) in [4.78, 5) is 37.7. The van der Waals surface area contributed by atoms with Crippen LogP contribution in [0.1, 0.15) is 16.7 Å². The molecule has 0 unspecified atom stereocenters. The van der Waals surface area contributed by atoms with E-state index in [1.165, 1.54) is 17.7 Å². The Hall–Kier alpha value is -3.42. The summed E-state index contributed by atoms with van der Waals surface area (Å²) in [7, 11) is 0. The molecule has 2 aromatic carbocycles. The lowest BCUT2D eigenvalue weighted by molar-refractivity contribution is -0.122. The van der Waals surface area contributed by atoms with Crippen molar-refractivity contribution in [2.24, 2.45) is 0 Å². The standard InChI is InChI=1S/C22H25FN4O3/c23-19-7-3-4-16(12-19)13-20(28)24-9-10-25-21(29)14-26-22(30)27-11-8-17-5-1-2-6-18(17)15-27/h1-7,12H,8-11,13-15H2,(H,24,28)(H,25,29)(H,26,30). The van der Waals surface area contributed by atoms with Gasteiger partial charge < -0.3 is 20.9 Å². The van der Waals surface area contributed by atoms with E-state index in [4.69, 9.17) is 0 Å². The maximum Gasteiger partial charge on any atom is 0.318 e. The summed E-state index contributed by atoms with van der Waals surface area (Å²) in [6, 6.07) is 13.6. The number of hydrogen-bond donors (Lipinski definition) is 3. The monoisotopic (exact) mass is 412 g/mol. The lowest BCUT2D eigenvalue weighted by Crippen LogP contribution is -2.46. The van der Waals surface area contributed by atoms with E-state index in [2.05, 4.69) is 22.0 Å². The second-order valence-electron chi connectivity index (χ2n) is 7.11. The molecule has 30 heavy (non-hydrogen) atoms. The topological polar surface area (TPSA) is 90.5 Å². The van der Waals surface area contributed by atoms with Crippen LogP contribution in [-0.2, 0) is 29.0 Å². The Morgan fingerprint density at radius 3 is 2.40 bits per heavy atom. The molecule has 1 heterocycles. The number of nitrogens with zero attached hydrogens (tertiary/aromatic N) is 1. The van der Waals surface area contributed by atoms with E-state index < -0.39 is 0 Å². The van der Waals surface area contributed by atoms with Crippen molar-refractivity contribution in [3.05, 3.63) is 71.0 Å². The molecule has 0 aromatic heterocycles. The minimum absolute atomic E-state index is 0.0702. The van der Waals surface area contributed by atoms with E-state index in [9.17, 15) is 18.8 Å². The molecule has 0 fully saturated rings. The Morgan fingerprint density at radius 2 is 1.63 bits per heavy atom. The smallest absolute Gasteiger partial charge is 0.318 e. The van der Waals surface area contributed by atoms with Crippen molar-refractivity contribution in [2.75, 3.05) is 26.2 Å².